The Morgan fingerprint density at radius 2 is 1.90 bits per heavy atom. The molecule has 20 heavy (non-hydrogen) atoms. The maximum absolute atomic E-state index is 13.2. The lowest BCUT2D eigenvalue weighted by molar-refractivity contribution is -0.179. The second-order valence-corrected chi connectivity index (χ2v) is 8.64. The van der Waals surface area contributed by atoms with Gasteiger partial charge >= 0.3 is 21.6 Å². The summed E-state index contributed by atoms with van der Waals surface area (Å²) in [6, 6.07) is 0. The molecule has 0 radical (unpaired) electrons. The van der Waals surface area contributed by atoms with E-state index < -0.39 is 21.6 Å². The van der Waals surface area contributed by atoms with Crippen LogP contribution in [0, 0.1) is 28.6 Å². The van der Waals surface area contributed by atoms with Gasteiger partial charge in [-0.2, -0.15) is 8.42 Å². The Balaban J connectivity index is 1.43. The summed E-state index contributed by atoms with van der Waals surface area (Å²) in [5, 5.41) is 0. The van der Waals surface area contributed by atoms with E-state index in [9.17, 15) is 17.6 Å². The summed E-state index contributed by atoms with van der Waals surface area (Å²) in [6.45, 7) is 0.0866. The van der Waals surface area contributed by atoms with Crippen LogP contribution in [-0.2, 0) is 19.6 Å². The molecule has 0 heterocycles. The Morgan fingerprint density at radius 3 is 2.35 bits per heavy atom. The topological polar surface area (TPSA) is 80.7 Å². The summed E-state index contributed by atoms with van der Waals surface area (Å²) >= 11 is 0. The largest absolute Gasteiger partial charge is 0.462 e. The highest BCUT2D eigenvalue weighted by molar-refractivity contribution is 7.87. The lowest BCUT2D eigenvalue weighted by Crippen LogP contribution is -2.59. The van der Waals surface area contributed by atoms with Crippen LogP contribution >= 0.6 is 0 Å². The minimum atomic E-state index is -5.02. The lowest BCUT2D eigenvalue weighted by atomic mass is 9.38. The van der Waals surface area contributed by atoms with Crippen molar-refractivity contribution in [3.8, 4) is 0 Å². The van der Waals surface area contributed by atoms with Crippen LogP contribution in [0.1, 0.15) is 32.1 Å². The molecular weight excluding hydrogens is 287 g/mol. The number of carbonyl (C=O) groups is 1. The number of hydrogen-bond acceptors (Lipinski definition) is 4. The molecule has 2 bridgehead atoms. The van der Waals surface area contributed by atoms with Crippen LogP contribution in [0.4, 0.5) is 4.39 Å². The molecule has 7 heteroatoms. The number of ether oxygens (including phenoxy) is 1. The summed E-state index contributed by atoms with van der Waals surface area (Å²) in [4.78, 5) is 11.4. The average Bonchev–Trinajstić information content (AvgIpc) is 2.80. The monoisotopic (exact) mass is 304 g/mol. The zero-order valence-corrected chi connectivity index (χ0v) is 11.7. The molecule has 3 unspecified atom stereocenters. The molecule has 0 aromatic heterocycles. The number of fused-ring (bicyclic) bond motifs is 1. The Bertz CT molecular complexity index is 570. The van der Waals surface area contributed by atoms with E-state index in [2.05, 4.69) is 0 Å². The molecule has 4 saturated carbocycles. The van der Waals surface area contributed by atoms with Crippen LogP contribution in [0.15, 0.2) is 0 Å². The van der Waals surface area contributed by atoms with Gasteiger partial charge in [0.15, 0.2) is 0 Å². The van der Waals surface area contributed by atoms with E-state index in [0.29, 0.717) is 5.41 Å². The van der Waals surface area contributed by atoms with Gasteiger partial charge in [0.1, 0.15) is 0 Å². The minimum Gasteiger partial charge on any atom is -0.462 e. The maximum atomic E-state index is 13.2. The van der Waals surface area contributed by atoms with Gasteiger partial charge in [-0.15, -0.1) is 0 Å². The predicted molar refractivity (Wildman–Crippen MR) is 65.8 cm³/mol. The molecule has 1 spiro atoms. The Kier molecular flexibility index (Phi) is 2.31. The van der Waals surface area contributed by atoms with Crippen LogP contribution in [0.5, 0.6) is 0 Å². The van der Waals surface area contributed by atoms with E-state index in [-0.39, 0.29) is 12.0 Å². The third kappa shape index (κ3) is 1.40. The molecule has 4 aliphatic rings. The number of hydrogen-bond donors (Lipinski definition) is 1. The standard InChI is InChI=1S/C13H17FO5S/c14-10(20(16,17)18)11(15)19-6-12-3-8-1-7-2-9(4-12)13(7,8)5-12/h7-10H,1-6H2,(H,16,17,18). The van der Waals surface area contributed by atoms with E-state index in [0.717, 1.165) is 37.0 Å². The van der Waals surface area contributed by atoms with Gasteiger partial charge in [0.05, 0.1) is 6.61 Å². The quantitative estimate of drug-likeness (QED) is 0.629. The summed E-state index contributed by atoms with van der Waals surface area (Å²) in [7, 11) is -5.02. The number of alkyl halides is 1. The Hall–Kier alpha value is -0.690. The van der Waals surface area contributed by atoms with Crippen LogP contribution in [0.3, 0.4) is 0 Å². The fourth-order valence-corrected chi connectivity index (χ4v) is 6.13. The highest BCUT2D eigenvalue weighted by Crippen LogP contribution is 2.84. The molecule has 4 aliphatic carbocycles. The first kappa shape index (κ1) is 13.0. The van der Waals surface area contributed by atoms with Crippen molar-refractivity contribution in [2.45, 2.75) is 37.6 Å². The molecular formula is C13H17FO5S. The van der Waals surface area contributed by atoms with Gasteiger partial charge in [0, 0.05) is 5.41 Å². The minimum absolute atomic E-state index is 0.0742. The smallest absolute Gasteiger partial charge is 0.359 e. The van der Waals surface area contributed by atoms with E-state index in [4.69, 9.17) is 9.29 Å². The molecule has 0 amide bonds. The highest BCUT2D eigenvalue weighted by Gasteiger charge is 2.77. The number of rotatable bonds is 4. The van der Waals surface area contributed by atoms with Gasteiger partial charge in [-0.1, -0.05) is 0 Å². The van der Waals surface area contributed by atoms with Crippen molar-refractivity contribution in [2.75, 3.05) is 6.61 Å². The van der Waals surface area contributed by atoms with Gasteiger partial charge in [-0.3, -0.25) is 4.55 Å². The SMILES string of the molecule is O=C(OCC12CC3CC4CC(C1)C43C2)C(F)S(=O)(=O)O. The fraction of sp³-hybridized carbons (Fsp3) is 0.923. The molecule has 1 N–H and O–H groups in total. The van der Waals surface area contributed by atoms with Crippen molar-refractivity contribution in [3.63, 3.8) is 0 Å². The highest BCUT2D eigenvalue weighted by atomic mass is 32.2. The second-order valence-electron chi connectivity index (χ2n) is 7.20. The summed E-state index contributed by atoms with van der Waals surface area (Å²) in [6.07, 6.45) is 5.59. The first-order chi connectivity index (χ1) is 9.27. The number of esters is 1. The third-order valence-corrected chi connectivity index (χ3v) is 7.14. The van der Waals surface area contributed by atoms with Gasteiger partial charge < -0.3 is 4.74 Å². The summed E-state index contributed by atoms with van der Waals surface area (Å²) in [5.74, 6) is 0.793. The van der Waals surface area contributed by atoms with Gasteiger partial charge in [0.2, 0.25) is 0 Å². The molecule has 0 aliphatic heterocycles. The van der Waals surface area contributed by atoms with Crippen molar-refractivity contribution >= 4 is 16.1 Å². The lowest BCUT2D eigenvalue weighted by Gasteiger charge is -2.66. The van der Waals surface area contributed by atoms with Crippen LogP contribution < -0.4 is 0 Å². The normalized spacial score (nSPS) is 49.0. The molecule has 0 aromatic carbocycles. The van der Waals surface area contributed by atoms with E-state index in [1.807, 2.05) is 0 Å². The maximum Gasteiger partial charge on any atom is 0.359 e. The van der Waals surface area contributed by atoms with Crippen LogP contribution in [-0.4, -0.2) is 31.1 Å². The van der Waals surface area contributed by atoms with E-state index in [1.54, 1.807) is 0 Å². The zero-order valence-electron chi connectivity index (χ0n) is 10.9. The van der Waals surface area contributed by atoms with Crippen molar-refractivity contribution in [1.29, 1.82) is 0 Å². The van der Waals surface area contributed by atoms with E-state index in [1.165, 1.54) is 12.8 Å². The van der Waals surface area contributed by atoms with E-state index >= 15 is 0 Å². The predicted octanol–water partition coefficient (Wildman–Crippen LogP) is 1.54. The van der Waals surface area contributed by atoms with Crippen LogP contribution in [0.2, 0.25) is 0 Å². The van der Waals surface area contributed by atoms with Crippen molar-refractivity contribution in [2.24, 2.45) is 28.6 Å². The number of carbonyl (C=O) groups excluding carboxylic acids is 1. The molecule has 4 fully saturated rings. The second kappa shape index (κ2) is 3.55. The summed E-state index contributed by atoms with van der Waals surface area (Å²) < 4.78 is 47.7. The molecule has 0 saturated heterocycles. The van der Waals surface area contributed by atoms with Crippen LogP contribution in [0.25, 0.3) is 0 Å². The van der Waals surface area contributed by atoms with Crippen molar-refractivity contribution < 1.29 is 26.9 Å². The fourth-order valence-electron chi connectivity index (χ4n) is 5.82. The molecule has 3 atom stereocenters. The van der Waals surface area contributed by atoms with Gasteiger partial charge in [0.25, 0.3) is 0 Å². The summed E-state index contributed by atoms with van der Waals surface area (Å²) in [5.41, 5.74) is -2.58. The molecule has 5 nitrogen and oxygen atoms in total. The Labute approximate surface area is 116 Å². The van der Waals surface area contributed by atoms with Gasteiger partial charge in [-0.05, 0) is 55.3 Å². The average molecular weight is 304 g/mol. The first-order valence-electron chi connectivity index (χ1n) is 7.04. The van der Waals surface area contributed by atoms with Crippen molar-refractivity contribution in [1.82, 2.24) is 0 Å². The number of halogens is 1. The Morgan fingerprint density at radius 1 is 1.30 bits per heavy atom. The molecule has 4 rings (SSSR count). The van der Waals surface area contributed by atoms with Gasteiger partial charge in [-0.25, -0.2) is 9.18 Å². The first-order valence-corrected chi connectivity index (χ1v) is 8.54. The zero-order chi connectivity index (χ0) is 14.3. The van der Waals surface area contributed by atoms with Crippen molar-refractivity contribution in [3.05, 3.63) is 0 Å². The molecule has 112 valence electrons. The third-order valence-electron chi connectivity index (χ3n) is 6.43. The molecule has 0 aromatic rings.